The molecule has 0 saturated carbocycles. The first-order valence-corrected chi connectivity index (χ1v) is 10.2. The van der Waals surface area contributed by atoms with Gasteiger partial charge in [-0.2, -0.15) is 0 Å². The number of rotatable bonds is 6. The molecule has 7 heteroatoms. The highest BCUT2D eigenvalue weighted by Crippen LogP contribution is 2.34. The van der Waals surface area contributed by atoms with Crippen molar-refractivity contribution in [3.05, 3.63) is 0 Å². The van der Waals surface area contributed by atoms with E-state index in [9.17, 15) is 9.59 Å². The topological polar surface area (TPSA) is 79.1 Å². The molecule has 0 bridgehead atoms. The van der Waals surface area contributed by atoms with E-state index in [-0.39, 0.29) is 24.1 Å². The molecule has 148 valence electrons. The minimum Gasteiger partial charge on any atom is -0.441 e. The quantitative estimate of drug-likeness (QED) is 0.719. The number of nitrogens with two attached hydrogens (primary N) is 1. The maximum absolute atomic E-state index is 12.8. The molecule has 3 aliphatic heterocycles. The molecule has 3 aliphatic rings. The number of unbranched alkanes of at least 4 members (excludes halogenated alkanes) is 3. The molecule has 7 nitrogen and oxygen atoms in total. The number of carbonyl (C=O) groups is 2. The van der Waals surface area contributed by atoms with Gasteiger partial charge >= 0.3 is 6.09 Å². The van der Waals surface area contributed by atoms with Gasteiger partial charge in [0, 0.05) is 45.1 Å². The molecule has 2 amide bonds. The number of hydrogen-bond donors (Lipinski definition) is 1. The zero-order chi connectivity index (χ0) is 18.7. The van der Waals surface area contributed by atoms with Crippen LogP contribution in [0.15, 0.2) is 0 Å². The van der Waals surface area contributed by atoms with Gasteiger partial charge in [-0.05, 0) is 19.9 Å². The summed E-state index contributed by atoms with van der Waals surface area (Å²) in [5.41, 5.74) is 5.60. The van der Waals surface area contributed by atoms with Crippen molar-refractivity contribution in [2.24, 2.45) is 5.73 Å². The average Bonchev–Trinajstić information content (AvgIpc) is 3.10. The number of hydrogen-bond acceptors (Lipinski definition) is 5. The molecule has 3 fully saturated rings. The monoisotopic (exact) mass is 366 g/mol. The summed E-state index contributed by atoms with van der Waals surface area (Å²) < 4.78 is 5.77. The first-order valence-electron chi connectivity index (χ1n) is 10.2. The zero-order valence-electron chi connectivity index (χ0n) is 16.3. The molecule has 0 aliphatic carbocycles. The van der Waals surface area contributed by atoms with Crippen molar-refractivity contribution < 1.29 is 14.3 Å². The van der Waals surface area contributed by atoms with Gasteiger partial charge in [0.25, 0.3) is 0 Å². The molecule has 3 rings (SSSR count). The molecule has 3 heterocycles. The maximum atomic E-state index is 12.8. The normalized spacial score (nSPS) is 28.8. The first kappa shape index (κ1) is 19.4. The van der Waals surface area contributed by atoms with E-state index in [0.717, 1.165) is 45.2 Å². The molecular formula is C19H34N4O3. The molecule has 1 spiro atoms. The van der Waals surface area contributed by atoms with Gasteiger partial charge in [0.15, 0.2) is 0 Å². The largest absolute Gasteiger partial charge is 0.441 e. The Morgan fingerprint density at radius 2 is 2.00 bits per heavy atom. The van der Waals surface area contributed by atoms with Gasteiger partial charge in [-0.3, -0.25) is 9.69 Å². The maximum Gasteiger partial charge on any atom is 0.410 e. The predicted molar refractivity (Wildman–Crippen MR) is 99.8 cm³/mol. The average molecular weight is 367 g/mol. The minimum atomic E-state index is -0.392. The number of likely N-dealkylation sites (N-methyl/N-ethyl adjacent to an activating group) is 1. The van der Waals surface area contributed by atoms with Crippen molar-refractivity contribution in [3.8, 4) is 0 Å². The second-order valence-electron chi connectivity index (χ2n) is 8.31. The molecular weight excluding hydrogens is 332 g/mol. The lowest BCUT2D eigenvalue weighted by Gasteiger charge is -2.39. The van der Waals surface area contributed by atoms with Crippen LogP contribution < -0.4 is 5.73 Å². The summed E-state index contributed by atoms with van der Waals surface area (Å²) in [7, 11) is 1.97. The Labute approximate surface area is 156 Å². The van der Waals surface area contributed by atoms with Crippen LogP contribution >= 0.6 is 0 Å². The summed E-state index contributed by atoms with van der Waals surface area (Å²) in [6.07, 6.45) is 6.63. The fraction of sp³-hybridized carbons (Fsp3) is 0.895. The number of piperidine rings is 1. The van der Waals surface area contributed by atoms with Crippen molar-refractivity contribution in [3.63, 3.8) is 0 Å². The van der Waals surface area contributed by atoms with Gasteiger partial charge in [0.2, 0.25) is 5.91 Å². The van der Waals surface area contributed by atoms with Crippen molar-refractivity contribution in [2.75, 3.05) is 39.8 Å². The number of amides is 2. The van der Waals surface area contributed by atoms with Crippen LogP contribution in [0.4, 0.5) is 4.79 Å². The van der Waals surface area contributed by atoms with Crippen LogP contribution in [0.3, 0.4) is 0 Å². The molecule has 2 atom stereocenters. The Kier molecular flexibility index (Phi) is 6.07. The van der Waals surface area contributed by atoms with E-state index in [2.05, 4.69) is 11.8 Å². The lowest BCUT2D eigenvalue weighted by molar-refractivity contribution is -0.139. The third-order valence-electron chi connectivity index (χ3n) is 6.17. The zero-order valence-corrected chi connectivity index (χ0v) is 16.3. The van der Waals surface area contributed by atoms with Crippen LogP contribution in [0.25, 0.3) is 0 Å². The second kappa shape index (κ2) is 8.13. The predicted octanol–water partition coefficient (Wildman–Crippen LogP) is 1.41. The fourth-order valence-corrected chi connectivity index (χ4v) is 4.53. The number of carbonyl (C=O) groups excluding carboxylic acids is 2. The fourth-order valence-electron chi connectivity index (χ4n) is 4.53. The summed E-state index contributed by atoms with van der Waals surface area (Å²) in [6, 6.07) is -0.0117. The summed E-state index contributed by atoms with van der Waals surface area (Å²) in [5.74, 6) is 0.177. The van der Waals surface area contributed by atoms with Crippen molar-refractivity contribution >= 4 is 12.0 Å². The summed E-state index contributed by atoms with van der Waals surface area (Å²) >= 11 is 0. The van der Waals surface area contributed by atoms with Crippen LogP contribution in [-0.4, -0.2) is 84.2 Å². The molecule has 26 heavy (non-hydrogen) atoms. The van der Waals surface area contributed by atoms with Crippen LogP contribution in [0.1, 0.15) is 51.9 Å². The summed E-state index contributed by atoms with van der Waals surface area (Å²) in [5, 5.41) is 0. The SMILES string of the molecule is CCCCCCN1CC2(CCN(C(=O)[C@@H]3C[C@H](N)CN3C)CC2)OC1=O. The van der Waals surface area contributed by atoms with E-state index in [1.165, 1.54) is 12.8 Å². The molecule has 0 aromatic rings. The van der Waals surface area contributed by atoms with E-state index in [1.54, 1.807) is 0 Å². The van der Waals surface area contributed by atoms with Crippen LogP contribution in [0.2, 0.25) is 0 Å². The van der Waals surface area contributed by atoms with Gasteiger partial charge in [-0.1, -0.05) is 26.2 Å². The highest BCUT2D eigenvalue weighted by atomic mass is 16.6. The standard InChI is InChI=1S/C19H34N4O3/c1-3-4-5-6-9-23-14-19(26-18(23)25)7-10-22(11-8-19)17(24)16-12-15(20)13-21(16)2/h15-16H,3-14,20H2,1-2H3/t15-,16-/m0/s1. The first-order chi connectivity index (χ1) is 12.4. The van der Waals surface area contributed by atoms with E-state index in [0.29, 0.717) is 19.6 Å². The van der Waals surface area contributed by atoms with Gasteiger partial charge in [0.05, 0.1) is 12.6 Å². The van der Waals surface area contributed by atoms with Gasteiger partial charge in [-0.25, -0.2) is 4.79 Å². The van der Waals surface area contributed by atoms with Crippen molar-refractivity contribution in [1.29, 1.82) is 0 Å². The van der Waals surface area contributed by atoms with Gasteiger partial charge in [-0.15, -0.1) is 0 Å². The van der Waals surface area contributed by atoms with E-state index in [4.69, 9.17) is 10.5 Å². The van der Waals surface area contributed by atoms with E-state index < -0.39 is 5.60 Å². The van der Waals surface area contributed by atoms with Crippen LogP contribution in [0.5, 0.6) is 0 Å². The summed E-state index contributed by atoms with van der Waals surface area (Å²) in [6.45, 7) is 5.75. The second-order valence-corrected chi connectivity index (χ2v) is 8.31. The molecule has 3 saturated heterocycles. The molecule has 2 N–H and O–H groups in total. The Morgan fingerprint density at radius 1 is 1.27 bits per heavy atom. The molecule has 0 aromatic carbocycles. The lowest BCUT2D eigenvalue weighted by Crippen LogP contribution is -2.52. The number of ether oxygens (including phenoxy) is 1. The third kappa shape index (κ3) is 4.14. The van der Waals surface area contributed by atoms with E-state index >= 15 is 0 Å². The van der Waals surface area contributed by atoms with E-state index in [1.807, 2.05) is 16.8 Å². The molecule has 0 unspecified atom stereocenters. The Balaban J connectivity index is 1.49. The smallest absolute Gasteiger partial charge is 0.410 e. The molecule has 0 aromatic heterocycles. The van der Waals surface area contributed by atoms with Crippen molar-refractivity contribution in [1.82, 2.24) is 14.7 Å². The highest BCUT2D eigenvalue weighted by Gasteiger charge is 2.48. The number of nitrogens with zero attached hydrogens (tertiary/aromatic N) is 3. The minimum absolute atomic E-state index is 0.0853. The Bertz CT molecular complexity index is 519. The Hall–Kier alpha value is -1.34. The van der Waals surface area contributed by atoms with Crippen LogP contribution in [-0.2, 0) is 9.53 Å². The van der Waals surface area contributed by atoms with Gasteiger partial charge in [0.1, 0.15) is 5.60 Å². The number of likely N-dealkylation sites (tertiary alicyclic amines) is 2. The van der Waals surface area contributed by atoms with Crippen LogP contribution in [0, 0.1) is 0 Å². The van der Waals surface area contributed by atoms with Crippen molar-refractivity contribution in [2.45, 2.75) is 69.6 Å². The van der Waals surface area contributed by atoms with Gasteiger partial charge < -0.3 is 20.3 Å². The highest BCUT2D eigenvalue weighted by molar-refractivity contribution is 5.82. The lowest BCUT2D eigenvalue weighted by atomic mass is 9.91. The molecule has 0 radical (unpaired) electrons. The Morgan fingerprint density at radius 3 is 2.62 bits per heavy atom. The third-order valence-corrected chi connectivity index (χ3v) is 6.17. The summed E-state index contributed by atoms with van der Waals surface area (Å²) in [4.78, 5) is 30.9.